The molecule has 2 N–H and O–H groups in total. The van der Waals surface area contributed by atoms with Crippen molar-refractivity contribution in [3.8, 4) is 5.75 Å². The van der Waals surface area contributed by atoms with Gasteiger partial charge in [-0.05, 0) is 49.8 Å². The van der Waals surface area contributed by atoms with Crippen LogP contribution in [0.2, 0.25) is 0 Å². The zero-order chi connectivity index (χ0) is 26.4. The van der Waals surface area contributed by atoms with Crippen LogP contribution in [0.4, 0.5) is 10.5 Å². The van der Waals surface area contributed by atoms with Gasteiger partial charge in [0.15, 0.2) is 0 Å². The molecule has 0 aliphatic heterocycles. The number of likely N-dealkylation sites (N-methyl/N-ethyl adjacent to an activating group) is 1. The fourth-order valence-corrected chi connectivity index (χ4v) is 4.22. The van der Waals surface area contributed by atoms with E-state index in [9.17, 15) is 13.8 Å². The highest BCUT2D eigenvalue weighted by atomic mass is 79.9. The lowest BCUT2D eigenvalue weighted by Crippen LogP contribution is -2.52. The zero-order valence-corrected chi connectivity index (χ0v) is 23.2. The largest absolute Gasteiger partial charge is 0.497 e. The second-order valence-electron chi connectivity index (χ2n) is 7.07. The highest BCUT2D eigenvalue weighted by molar-refractivity contribution is 9.11. The topological polar surface area (TPSA) is 87.7 Å². The molecule has 0 bridgehead atoms. The Kier molecular flexibility index (Phi) is 13.7. The number of anilines is 1. The van der Waals surface area contributed by atoms with Gasteiger partial charge in [-0.25, -0.2) is 9.00 Å². The van der Waals surface area contributed by atoms with Gasteiger partial charge in [0.05, 0.1) is 7.11 Å². The van der Waals surface area contributed by atoms with Crippen LogP contribution in [0.25, 0.3) is 0 Å². The molecule has 0 fully saturated rings. The second kappa shape index (κ2) is 15.9. The molecule has 2 unspecified atom stereocenters. The van der Waals surface area contributed by atoms with E-state index in [1.807, 2.05) is 51.1 Å². The Morgan fingerprint density at radius 2 is 1.74 bits per heavy atom. The Balaban J connectivity index is 0.00000298. The van der Waals surface area contributed by atoms with Crippen LogP contribution in [-0.4, -0.2) is 35.8 Å². The number of hydrogen-bond donors (Lipinski definition) is 2. The molecule has 0 aliphatic rings. The van der Waals surface area contributed by atoms with Crippen molar-refractivity contribution in [1.29, 1.82) is 0 Å². The Labute approximate surface area is 219 Å². The Morgan fingerprint density at radius 3 is 2.26 bits per heavy atom. The molecule has 190 valence electrons. The summed E-state index contributed by atoms with van der Waals surface area (Å²) in [4.78, 5) is 28.1. The summed E-state index contributed by atoms with van der Waals surface area (Å²) in [6, 6.07) is 14.9. The highest BCUT2D eigenvalue weighted by Gasteiger charge is 2.27. The average molecular weight is 565 g/mol. The molecular weight excluding hydrogens is 530 g/mol. The predicted molar refractivity (Wildman–Crippen MR) is 148 cm³/mol. The quantitative estimate of drug-likeness (QED) is 0.375. The van der Waals surface area contributed by atoms with Gasteiger partial charge in [0.2, 0.25) is 5.91 Å². The molecule has 0 heterocycles. The number of amides is 3. The monoisotopic (exact) mass is 563 g/mol. The van der Waals surface area contributed by atoms with Crippen LogP contribution in [0.15, 0.2) is 76.6 Å². The smallest absolute Gasteiger partial charge is 0.327 e. The van der Waals surface area contributed by atoms with Crippen LogP contribution < -0.4 is 19.7 Å². The normalized spacial score (nSPS) is 12.3. The molecule has 0 aliphatic carbocycles. The molecule has 2 aromatic rings. The molecule has 0 saturated carbocycles. The van der Waals surface area contributed by atoms with Gasteiger partial charge >= 0.3 is 6.03 Å². The molecule has 0 saturated heterocycles. The van der Waals surface area contributed by atoms with E-state index in [4.69, 9.17) is 4.74 Å². The Morgan fingerprint density at radius 1 is 1.14 bits per heavy atom. The molecule has 2 aromatic carbocycles. The van der Waals surface area contributed by atoms with E-state index in [2.05, 4.69) is 32.5 Å². The van der Waals surface area contributed by atoms with Crippen molar-refractivity contribution >= 4 is 44.5 Å². The predicted octanol–water partition coefficient (Wildman–Crippen LogP) is 5.46. The summed E-state index contributed by atoms with van der Waals surface area (Å²) in [5.41, 5.74) is 1.57. The molecule has 2 rings (SSSR count). The number of carbonyl (C=O) groups is 2. The first kappa shape index (κ1) is 30.1. The summed E-state index contributed by atoms with van der Waals surface area (Å²) in [6.07, 6.45) is 1.82. The number of ether oxygens (including phenoxy) is 1. The summed E-state index contributed by atoms with van der Waals surface area (Å²) in [6.45, 7) is 11.5. The summed E-state index contributed by atoms with van der Waals surface area (Å²) in [7, 11) is -0.200. The average Bonchev–Trinajstić information content (AvgIpc) is 2.85. The number of nitrogens with zero attached hydrogens (tertiary/aromatic N) is 1. The van der Waals surface area contributed by atoms with E-state index >= 15 is 0 Å². The third kappa shape index (κ3) is 10.1. The number of hydrogen-bond acceptors (Lipinski definition) is 4. The SMILES string of the molecule is C=C(Br)/C=C(\C)S(=O)NC(=O)NC(Cc1ccccc1)C(=O)N(CC)c1ccc(OC)cc1.CC. The van der Waals surface area contributed by atoms with Gasteiger partial charge in [0.25, 0.3) is 0 Å². The minimum atomic E-state index is -1.77. The lowest BCUT2D eigenvalue weighted by molar-refractivity contribution is -0.120. The fraction of sp³-hybridized carbons (Fsp3) is 0.308. The van der Waals surface area contributed by atoms with Crippen LogP contribution in [0, 0.1) is 0 Å². The van der Waals surface area contributed by atoms with E-state index in [0.717, 1.165) is 5.56 Å². The van der Waals surface area contributed by atoms with E-state index in [1.165, 1.54) is 0 Å². The number of nitrogens with one attached hydrogen (secondary N) is 2. The van der Waals surface area contributed by atoms with Gasteiger partial charge in [-0.15, -0.1) is 0 Å². The van der Waals surface area contributed by atoms with Crippen LogP contribution in [-0.2, 0) is 22.2 Å². The summed E-state index contributed by atoms with van der Waals surface area (Å²) < 4.78 is 20.5. The molecule has 35 heavy (non-hydrogen) atoms. The van der Waals surface area contributed by atoms with E-state index < -0.39 is 23.1 Å². The van der Waals surface area contributed by atoms with E-state index in [-0.39, 0.29) is 12.3 Å². The van der Waals surface area contributed by atoms with Crippen molar-refractivity contribution < 1.29 is 18.5 Å². The van der Waals surface area contributed by atoms with Crippen molar-refractivity contribution in [3.63, 3.8) is 0 Å². The minimum Gasteiger partial charge on any atom is -0.497 e. The van der Waals surface area contributed by atoms with Gasteiger partial charge in [-0.3, -0.25) is 9.52 Å². The third-order valence-electron chi connectivity index (χ3n) is 4.69. The van der Waals surface area contributed by atoms with Crippen LogP contribution >= 0.6 is 15.9 Å². The maximum Gasteiger partial charge on any atom is 0.327 e. The van der Waals surface area contributed by atoms with Gasteiger partial charge in [0, 0.05) is 28.0 Å². The summed E-state index contributed by atoms with van der Waals surface area (Å²) in [5, 5.41) is 2.69. The van der Waals surface area contributed by atoms with Crippen molar-refractivity contribution in [2.45, 2.75) is 40.2 Å². The number of halogens is 1. The first-order valence-electron chi connectivity index (χ1n) is 11.3. The lowest BCUT2D eigenvalue weighted by atomic mass is 10.0. The zero-order valence-electron chi connectivity index (χ0n) is 20.8. The third-order valence-corrected chi connectivity index (χ3v) is 5.99. The Bertz CT molecular complexity index is 1030. The molecule has 0 aromatic heterocycles. The first-order chi connectivity index (χ1) is 16.7. The summed E-state index contributed by atoms with van der Waals surface area (Å²) >= 11 is 3.17. The molecular formula is C26H34BrN3O4S. The standard InChI is InChI=1S/C24H28BrN3O4S.C2H6/c1-5-28(20-11-13-21(32-4)14-12-20)23(29)22(16-19-9-7-6-8-10-19)26-24(30)27-33(31)18(3)15-17(2)25;1-2/h6-15,22H,2,5,16H2,1,3-4H3,(H2,26,27,30);1-2H3/b18-15+;. The molecule has 2 atom stereocenters. The van der Waals surface area contributed by atoms with Gasteiger partial charge in [-0.2, -0.15) is 0 Å². The Hall–Kier alpha value is -2.91. The van der Waals surface area contributed by atoms with Crippen molar-refractivity contribution in [1.82, 2.24) is 10.0 Å². The van der Waals surface area contributed by atoms with E-state index in [1.54, 1.807) is 49.3 Å². The number of methoxy groups -OCH3 is 1. The maximum atomic E-state index is 13.5. The number of allylic oxidation sites excluding steroid dienone is 3. The maximum absolute atomic E-state index is 13.5. The van der Waals surface area contributed by atoms with Crippen LogP contribution in [0.5, 0.6) is 5.75 Å². The fourth-order valence-electron chi connectivity index (χ4n) is 3.09. The number of benzene rings is 2. The number of urea groups is 1. The van der Waals surface area contributed by atoms with Crippen LogP contribution in [0.3, 0.4) is 0 Å². The first-order valence-corrected chi connectivity index (χ1v) is 13.2. The van der Waals surface area contributed by atoms with Gasteiger partial charge in [-0.1, -0.05) is 66.7 Å². The summed E-state index contributed by atoms with van der Waals surface area (Å²) in [5.74, 6) is 0.395. The molecule has 0 spiro atoms. The number of rotatable bonds is 10. The molecule has 0 radical (unpaired) electrons. The molecule has 3 amide bonds. The van der Waals surface area contributed by atoms with Gasteiger partial charge < -0.3 is 15.0 Å². The van der Waals surface area contributed by atoms with E-state index in [0.29, 0.717) is 27.4 Å². The molecule has 7 nitrogen and oxygen atoms in total. The highest BCUT2D eigenvalue weighted by Crippen LogP contribution is 2.20. The number of carbonyl (C=O) groups excluding carboxylic acids is 2. The van der Waals surface area contributed by atoms with Crippen molar-refractivity contribution in [3.05, 3.63) is 82.2 Å². The van der Waals surface area contributed by atoms with Crippen LogP contribution in [0.1, 0.15) is 33.3 Å². The van der Waals surface area contributed by atoms with Gasteiger partial charge in [0.1, 0.15) is 22.8 Å². The lowest BCUT2D eigenvalue weighted by Gasteiger charge is -2.27. The van der Waals surface area contributed by atoms with Crippen molar-refractivity contribution in [2.75, 3.05) is 18.6 Å². The second-order valence-corrected chi connectivity index (χ2v) is 9.47. The van der Waals surface area contributed by atoms with Crippen molar-refractivity contribution in [2.24, 2.45) is 0 Å². The molecule has 9 heteroatoms. The minimum absolute atomic E-state index is 0.277.